The van der Waals surface area contributed by atoms with Gasteiger partial charge in [0.05, 0.1) is 24.3 Å². The van der Waals surface area contributed by atoms with E-state index in [9.17, 15) is 0 Å². The van der Waals surface area contributed by atoms with Gasteiger partial charge in [-0.2, -0.15) is 5.10 Å². The summed E-state index contributed by atoms with van der Waals surface area (Å²) in [5, 5.41) is 7.91. The van der Waals surface area contributed by atoms with Gasteiger partial charge in [0.15, 0.2) is 0 Å². The van der Waals surface area contributed by atoms with Crippen LogP contribution in [0, 0.1) is 6.92 Å². The summed E-state index contributed by atoms with van der Waals surface area (Å²) in [6.45, 7) is 4.02. The van der Waals surface area contributed by atoms with Crippen LogP contribution >= 0.6 is 0 Å². The number of imidazole rings is 1. The second-order valence-electron chi connectivity index (χ2n) is 5.01. The molecule has 2 aromatic rings. The van der Waals surface area contributed by atoms with Crippen LogP contribution in [0.5, 0.6) is 0 Å². The monoisotopic (exact) mass is 245 g/mol. The second kappa shape index (κ2) is 4.57. The molecule has 96 valence electrons. The summed E-state index contributed by atoms with van der Waals surface area (Å²) in [5.74, 6) is 0. The van der Waals surface area contributed by atoms with Crippen molar-refractivity contribution >= 4 is 0 Å². The Morgan fingerprint density at radius 2 is 2.39 bits per heavy atom. The Morgan fingerprint density at radius 1 is 1.50 bits per heavy atom. The molecule has 0 bridgehead atoms. The van der Waals surface area contributed by atoms with Gasteiger partial charge in [0, 0.05) is 31.0 Å². The molecule has 0 amide bonds. The van der Waals surface area contributed by atoms with Crippen LogP contribution in [0.15, 0.2) is 18.7 Å². The molecule has 0 saturated carbocycles. The molecule has 0 aliphatic carbocycles. The fourth-order valence-corrected chi connectivity index (χ4v) is 2.68. The summed E-state index contributed by atoms with van der Waals surface area (Å²) >= 11 is 0. The van der Waals surface area contributed by atoms with Crippen molar-refractivity contribution in [2.45, 2.75) is 32.4 Å². The van der Waals surface area contributed by atoms with Crippen LogP contribution in [0.4, 0.5) is 0 Å². The fraction of sp³-hybridized carbons (Fsp3) is 0.538. The number of hydrogen-bond acceptors (Lipinski definition) is 3. The van der Waals surface area contributed by atoms with E-state index >= 15 is 0 Å². The number of nitrogens with zero attached hydrogens (tertiary/aromatic N) is 4. The Bertz CT molecular complexity index is 533. The molecule has 0 unspecified atom stereocenters. The average molecular weight is 245 g/mol. The molecule has 1 aliphatic rings. The summed E-state index contributed by atoms with van der Waals surface area (Å²) in [7, 11) is 1.96. The highest BCUT2D eigenvalue weighted by molar-refractivity contribution is 5.18. The number of aromatic nitrogens is 4. The first-order chi connectivity index (χ1) is 8.74. The standard InChI is InChI=1S/C13H19N5/c1-10-11(7-17(2)16-10)8-18-9-14-6-13(18)12-4-3-5-15-12/h6-7,9,12,15H,3-5,8H2,1-2H3/t12-/m0/s1. The average Bonchev–Trinajstić information content (AvgIpc) is 3.01. The summed E-state index contributed by atoms with van der Waals surface area (Å²) in [4.78, 5) is 4.30. The largest absolute Gasteiger partial charge is 0.329 e. The van der Waals surface area contributed by atoms with Gasteiger partial charge in [0.25, 0.3) is 0 Å². The van der Waals surface area contributed by atoms with Crippen molar-refractivity contribution in [3.63, 3.8) is 0 Å². The summed E-state index contributed by atoms with van der Waals surface area (Å²) in [5.41, 5.74) is 3.64. The smallest absolute Gasteiger partial charge is 0.0951 e. The van der Waals surface area contributed by atoms with E-state index < -0.39 is 0 Å². The summed E-state index contributed by atoms with van der Waals surface area (Å²) < 4.78 is 4.10. The Labute approximate surface area is 107 Å². The molecule has 2 aromatic heterocycles. The highest BCUT2D eigenvalue weighted by Gasteiger charge is 2.20. The zero-order valence-corrected chi connectivity index (χ0v) is 10.9. The third-order valence-electron chi connectivity index (χ3n) is 3.62. The highest BCUT2D eigenvalue weighted by atomic mass is 15.3. The molecule has 1 aliphatic heterocycles. The van der Waals surface area contributed by atoms with Crippen LogP contribution in [-0.4, -0.2) is 25.9 Å². The van der Waals surface area contributed by atoms with Crippen molar-refractivity contribution in [3.8, 4) is 0 Å². The van der Waals surface area contributed by atoms with Crippen molar-refractivity contribution in [2.24, 2.45) is 7.05 Å². The number of nitrogens with one attached hydrogen (secondary N) is 1. The molecule has 3 rings (SSSR count). The normalized spacial score (nSPS) is 19.6. The maximum Gasteiger partial charge on any atom is 0.0951 e. The van der Waals surface area contributed by atoms with Gasteiger partial charge >= 0.3 is 0 Å². The maximum absolute atomic E-state index is 4.39. The van der Waals surface area contributed by atoms with E-state index in [0.29, 0.717) is 6.04 Å². The molecular weight excluding hydrogens is 226 g/mol. The molecule has 18 heavy (non-hydrogen) atoms. The van der Waals surface area contributed by atoms with Gasteiger partial charge in [-0.05, 0) is 26.3 Å². The molecule has 5 nitrogen and oxygen atoms in total. The molecular formula is C13H19N5. The Balaban J connectivity index is 1.84. The van der Waals surface area contributed by atoms with E-state index in [-0.39, 0.29) is 0 Å². The topological polar surface area (TPSA) is 47.7 Å². The van der Waals surface area contributed by atoms with E-state index in [1.165, 1.54) is 24.1 Å². The van der Waals surface area contributed by atoms with E-state index in [0.717, 1.165) is 18.8 Å². The van der Waals surface area contributed by atoms with Gasteiger partial charge in [-0.3, -0.25) is 4.68 Å². The Hall–Kier alpha value is -1.62. The molecule has 3 heterocycles. The number of rotatable bonds is 3. The molecule has 0 spiro atoms. The lowest BCUT2D eigenvalue weighted by Gasteiger charge is -2.13. The first-order valence-electron chi connectivity index (χ1n) is 6.46. The van der Waals surface area contributed by atoms with Crippen molar-refractivity contribution in [2.75, 3.05) is 6.54 Å². The molecule has 1 N–H and O–H groups in total. The molecule has 5 heteroatoms. The van der Waals surface area contributed by atoms with Gasteiger partial charge in [-0.15, -0.1) is 0 Å². The first-order valence-corrected chi connectivity index (χ1v) is 6.46. The fourth-order valence-electron chi connectivity index (χ4n) is 2.68. The minimum absolute atomic E-state index is 0.462. The lowest BCUT2D eigenvalue weighted by Crippen LogP contribution is -2.17. The van der Waals surface area contributed by atoms with Crippen molar-refractivity contribution in [3.05, 3.63) is 35.7 Å². The quantitative estimate of drug-likeness (QED) is 0.889. The zero-order valence-electron chi connectivity index (χ0n) is 10.9. The zero-order chi connectivity index (χ0) is 12.5. The van der Waals surface area contributed by atoms with Crippen LogP contribution in [0.1, 0.15) is 35.8 Å². The van der Waals surface area contributed by atoms with Crippen LogP contribution in [0.2, 0.25) is 0 Å². The SMILES string of the molecule is Cc1nn(C)cc1Cn1cncc1[C@@H]1CCCN1. The maximum atomic E-state index is 4.39. The second-order valence-corrected chi connectivity index (χ2v) is 5.01. The number of aryl methyl sites for hydroxylation is 2. The Kier molecular flexibility index (Phi) is 2.91. The summed E-state index contributed by atoms with van der Waals surface area (Å²) in [6.07, 6.45) is 8.44. The van der Waals surface area contributed by atoms with Crippen molar-refractivity contribution in [1.29, 1.82) is 0 Å². The van der Waals surface area contributed by atoms with Crippen LogP contribution < -0.4 is 5.32 Å². The van der Waals surface area contributed by atoms with Gasteiger partial charge in [0.2, 0.25) is 0 Å². The molecule has 1 atom stereocenters. The third-order valence-corrected chi connectivity index (χ3v) is 3.62. The first kappa shape index (κ1) is 11.5. The predicted octanol–water partition coefficient (Wildman–Crippen LogP) is 1.40. The van der Waals surface area contributed by atoms with E-state index in [4.69, 9.17) is 0 Å². The molecule has 0 aromatic carbocycles. The van der Waals surface area contributed by atoms with Gasteiger partial charge in [0.1, 0.15) is 0 Å². The van der Waals surface area contributed by atoms with Crippen LogP contribution in [0.25, 0.3) is 0 Å². The lowest BCUT2D eigenvalue weighted by atomic mass is 10.1. The Morgan fingerprint density at radius 3 is 3.06 bits per heavy atom. The highest BCUT2D eigenvalue weighted by Crippen LogP contribution is 2.23. The van der Waals surface area contributed by atoms with Crippen molar-refractivity contribution < 1.29 is 0 Å². The van der Waals surface area contributed by atoms with E-state index in [1.807, 2.05) is 24.3 Å². The number of hydrogen-bond donors (Lipinski definition) is 1. The molecule has 1 saturated heterocycles. The van der Waals surface area contributed by atoms with E-state index in [2.05, 4.69) is 33.1 Å². The minimum Gasteiger partial charge on any atom is -0.329 e. The molecule has 0 radical (unpaired) electrons. The summed E-state index contributed by atoms with van der Waals surface area (Å²) in [6, 6.07) is 0.462. The van der Waals surface area contributed by atoms with Gasteiger partial charge in [-0.1, -0.05) is 0 Å². The molecule has 1 fully saturated rings. The van der Waals surface area contributed by atoms with Crippen molar-refractivity contribution in [1.82, 2.24) is 24.6 Å². The van der Waals surface area contributed by atoms with Crippen LogP contribution in [-0.2, 0) is 13.6 Å². The van der Waals surface area contributed by atoms with E-state index in [1.54, 1.807) is 0 Å². The predicted molar refractivity (Wildman–Crippen MR) is 69.3 cm³/mol. The lowest BCUT2D eigenvalue weighted by molar-refractivity contribution is 0.584. The third kappa shape index (κ3) is 2.06. The van der Waals surface area contributed by atoms with Crippen LogP contribution in [0.3, 0.4) is 0 Å². The van der Waals surface area contributed by atoms with Gasteiger partial charge in [-0.25, -0.2) is 4.98 Å². The minimum atomic E-state index is 0.462. The van der Waals surface area contributed by atoms with Gasteiger partial charge < -0.3 is 9.88 Å².